The molecule has 150 valence electrons. The minimum Gasteiger partial charge on any atom is -0.205 e. The van der Waals surface area contributed by atoms with Gasteiger partial charge in [0.15, 0.2) is 0 Å². The summed E-state index contributed by atoms with van der Waals surface area (Å²) in [7, 11) is 0. The number of benzene rings is 3. The van der Waals surface area contributed by atoms with Crippen LogP contribution in [0, 0.1) is 41.4 Å². The van der Waals surface area contributed by atoms with E-state index in [2.05, 4.69) is 65.3 Å². The standard InChI is InChI=1S/C27H17F2NS/c28-26-16-22(17-27(29)25(26)13-14-30-18-31)4-1-19-5-9-23(10-6-19)24-11-7-21(8-12-24)15-20-2-3-20/h5-12,16-17,20H,2-3,15H2. The van der Waals surface area contributed by atoms with Gasteiger partial charge in [-0.15, -0.1) is 4.99 Å². The van der Waals surface area contributed by atoms with E-state index in [4.69, 9.17) is 0 Å². The average Bonchev–Trinajstić information content (AvgIpc) is 3.59. The number of hydrogen-bond acceptors (Lipinski definition) is 2. The fourth-order valence-corrected chi connectivity index (χ4v) is 3.30. The van der Waals surface area contributed by atoms with Gasteiger partial charge in [0.1, 0.15) is 11.6 Å². The predicted octanol–water partition coefficient (Wildman–Crippen LogP) is 6.40. The topological polar surface area (TPSA) is 12.4 Å². The van der Waals surface area contributed by atoms with Crippen molar-refractivity contribution in [1.29, 1.82) is 0 Å². The van der Waals surface area contributed by atoms with E-state index in [0.717, 1.165) is 34.7 Å². The van der Waals surface area contributed by atoms with Gasteiger partial charge in [0, 0.05) is 11.1 Å². The number of isothiocyanates is 1. The molecule has 0 spiro atoms. The molecule has 0 unspecified atom stereocenters. The first-order valence-corrected chi connectivity index (χ1v) is 10.3. The van der Waals surface area contributed by atoms with Crippen LogP contribution in [0.4, 0.5) is 8.78 Å². The van der Waals surface area contributed by atoms with E-state index >= 15 is 0 Å². The Hall–Kier alpha value is -3.56. The van der Waals surface area contributed by atoms with Gasteiger partial charge in [0.05, 0.1) is 16.8 Å². The van der Waals surface area contributed by atoms with E-state index in [1.165, 1.54) is 24.8 Å². The summed E-state index contributed by atoms with van der Waals surface area (Å²) in [6.07, 6.45) is 3.88. The molecular formula is C27H17F2NS. The van der Waals surface area contributed by atoms with Crippen LogP contribution in [0.3, 0.4) is 0 Å². The summed E-state index contributed by atoms with van der Waals surface area (Å²) >= 11 is 4.37. The monoisotopic (exact) mass is 425 g/mol. The summed E-state index contributed by atoms with van der Waals surface area (Å²) in [5.74, 6) is 7.30. The quantitative estimate of drug-likeness (QED) is 0.269. The lowest BCUT2D eigenvalue weighted by molar-refractivity contribution is 0.577. The van der Waals surface area contributed by atoms with E-state index in [-0.39, 0.29) is 11.1 Å². The van der Waals surface area contributed by atoms with Crippen molar-refractivity contribution < 1.29 is 8.78 Å². The Labute approximate surface area is 185 Å². The Morgan fingerprint density at radius 1 is 0.806 bits per heavy atom. The van der Waals surface area contributed by atoms with Crippen molar-refractivity contribution >= 4 is 17.4 Å². The molecule has 1 aliphatic rings. The molecular weight excluding hydrogens is 408 g/mol. The van der Waals surface area contributed by atoms with Crippen molar-refractivity contribution in [3.05, 3.63) is 94.6 Å². The average molecular weight is 426 g/mol. The molecule has 0 radical (unpaired) electrons. The maximum absolute atomic E-state index is 14.1. The number of aliphatic imine (C=N–C) groups is 1. The van der Waals surface area contributed by atoms with Crippen LogP contribution in [-0.2, 0) is 6.42 Å². The third kappa shape index (κ3) is 5.53. The number of nitrogens with zero attached hydrogens (tertiary/aromatic N) is 1. The molecule has 0 aromatic heterocycles. The summed E-state index contributed by atoms with van der Waals surface area (Å²) in [6, 6.07) is 21.0. The normalized spacial score (nSPS) is 12.1. The summed E-state index contributed by atoms with van der Waals surface area (Å²) in [4.78, 5) is 3.34. The molecule has 0 heterocycles. The minimum atomic E-state index is -0.795. The Bertz CT molecular complexity index is 1250. The van der Waals surface area contributed by atoms with E-state index in [1.54, 1.807) is 0 Å². The second kappa shape index (κ2) is 9.50. The van der Waals surface area contributed by atoms with Gasteiger partial charge in [0.25, 0.3) is 0 Å². The van der Waals surface area contributed by atoms with Gasteiger partial charge in [-0.1, -0.05) is 48.2 Å². The highest BCUT2D eigenvalue weighted by Crippen LogP contribution is 2.33. The fraction of sp³-hybridized carbons (Fsp3) is 0.148. The van der Waals surface area contributed by atoms with Crippen LogP contribution in [0.1, 0.15) is 35.1 Å². The lowest BCUT2D eigenvalue weighted by Crippen LogP contribution is -1.92. The highest BCUT2D eigenvalue weighted by Gasteiger charge is 2.21. The molecule has 0 atom stereocenters. The van der Waals surface area contributed by atoms with Gasteiger partial charge in [-0.25, -0.2) is 8.78 Å². The molecule has 3 aromatic carbocycles. The molecule has 0 bridgehead atoms. The van der Waals surface area contributed by atoms with Gasteiger partial charge in [-0.3, -0.25) is 0 Å². The Morgan fingerprint density at radius 2 is 1.39 bits per heavy atom. The van der Waals surface area contributed by atoms with Crippen LogP contribution in [-0.4, -0.2) is 5.16 Å². The lowest BCUT2D eigenvalue weighted by Gasteiger charge is -2.04. The summed E-state index contributed by atoms with van der Waals surface area (Å²) in [5, 5.41) is 2.02. The fourth-order valence-electron chi connectivity index (χ4n) is 3.25. The van der Waals surface area contributed by atoms with Crippen molar-refractivity contribution in [2.75, 3.05) is 0 Å². The van der Waals surface area contributed by atoms with Crippen LogP contribution in [0.25, 0.3) is 11.1 Å². The molecule has 0 amide bonds. The molecule has 4 rings (SSSR count). The lowest BCUT2D eigenvalue weighted by atomic mass is 10.0. The third-order valence-corrected chi connectivity index (χ3v) is 5.16. The second-order valence-corrected chi connectivity index (χ2v) is 7.61. The molecule has 1 nitrogen and oxygen atoms in total. The zero-order valence-electron chi connectivity index (χ0n) is 16.6. The van der Waals surface area contributed by atoms with Crippen LogP contribution >= 0.6 is 12.2 Å². The van der Waals surface area contributed by atoms with Crippen molar-refractivity contribution in [2.24, 2.45) is 10.9 Å². The second-order valence-electron chi connectivity index (χ2n) is 7.43. The van der Waals surface area contributed by atoms with Crippen LogP contribution in [0.2, 0.25) is 0 Å². The van der Waals surface area contributed by atoms with Crippen molar-refractivity contribution in [3.63, 3.8) is 0 Å². The molecule has 1 aliphatic carbocycles. The molecule has 31 heavy (non-hydrogen) atoms. The first kappa shape index (κ1) is 20.7. The van der Waals surface area contributed by atoms with Gasteiger partial charge in [0.2, 0.25) is 0 Å². The summed E-state index contributed by atoms with van der Waals surface area (Å²) in [5.41, 5.74) is 4.26. The maximum atomic E-state index is 14.1. The molecule has 1 fully saturated rings. The summed E-state index contributed by atoms with van der Waals surface area (Å²) in [6.45, 7) is 0. The van der Waals surface area contributed by atoms with Crippen LogP contribution in [0.15, 0.2) is 65.7 Å². The molecule has 0 saturated heterocycles. The molecule has 3 aromatic rings. The molecule has 4 heteroatoms. The highest BCUT2D eigenvalue weighted by atomic mass is 32.1. The molecule has 0 aliphatic heterocycles. The van der Waals surface area contributed by atoms with E-state index in [0.29, 0.717) is 0 Å². The zero-order valence-corrected chi connectivity index (χ0v) is 17.4. The van der Waals surface area contributed by atoms with E-state index < -0.39 is 11.6 Å². The van der Waals surface area contributed by atoms with Crippen LogP contribution in [0.5, 0.6) is 0 Å². The van der Waals surface area contributed by atoms with Gasteiger partial charge in [-0.05, 0) is 84.3 Å². The number of hydrogen-bond donors (Lipinski definition) is 0. The SMILES string of the molecule is Fc1cc(C#Cc2ccc(-c3ccc(CC4CC4)cc3)cc2)cc(F)c1C#CN=C=S. The minimum absolute atomic E-state index is 0.231. The van der Waals surface area contributed by atoms with Gasteiger partial charge >= 0.3 is 0 Å². The van der Waals surface area contributed by atoms with Crippen molar-refractivity contribution in [3.8, 4) is 34.9 Å². The Kier molecular flexibility index (Phi) is 6.34. The Balaban J connectivity index is 1.48. The highest BCUT2D eigenvalue weighted by molar-refractivity contribution is 7.78. The number of halogens is 2. The Morgan fingerprint density at radius 3 is 1.97 bits per heavy atom. The van der Waals surface area contributed by atoms with Crippen LogP contribution < -0.4 is 0 Å². The van der Waals surface area contributed by atoms with Gasteiger partial charge < -0.3 is 0 Å². The maximum Gasteiger partial charge on any atom is 0.143 e. The number of thiocarbonyl (C=S) groups is 1. The molecule has 0 N–H and O–H groups in total. The first-order valence-electron chi connectivity index (χ1n) is 9.91. The van der Waals surface area contributed by atoms with Gasteiger partial charge in [-0.2, -0.15) is 0 Å². The number of rotatable bonds is 3. The zero-order chi connectivity index (χ0) is 21.6. The van der Waals surface area contributed by atoms with Crippen molar-refractivity contribution in [1.82, 2.24) is 0 Å². The van der Waals surface area contributed by atoms with E-state index in [9.17, 15) is 8.78 Å². The predicted molar refractivity (Wildman–Crippen MR) is 123 cm³/mol. The summed E-state index contributed by atoms with van der Waals surface area (Å²) < 4.78 is 28.2. The largest absolute Gasteiger partial charge is 0.205 e. The third-order valence-electron chi connectivity index (χ3n) is 5.07. The molecule has 1 saturated carbocycles. The first-order chi connectivity index (χ1) is 15.1. The van der Waals surface area contributed by atoms with Crippen molar-refractivity contribution in [2.45, 2.75) is 19.3 Å². The smallest absolute Gasteiger partial charge is 0.143 e. The van der Waals surface area contributed by atoms with E-state index in [1.807, 2.05) is 29.4 Å².